The highest BCUT2D eigenvalue weighted by Gasteiger charge is 2.38. The van der Waals surface area contributed by atoms with Crippen LogP contribution in [0.2, 0.25) is 0 Å². The van der Waals surface area contributed by atoms with Gasteiger partial charge in [0.15, 0.2) is 0 Å². The Balaban J connectivity index is 2.56. The molecule has 0 amide bonds. The minimum Gasteiger partial charge on any atom is -0.368 e. The monoisotopic (exact) mass is 269 g/mol. The molecule has 0 aromatic rings. The molecule has 1 N–H and O–H groups in total. The van der Waals surface area contributed by atoms with Crippen molar-refractivity contribution >= 4 is 0 Å². The molecule has 2 nitrogen and oxygen atoms in total. The fraction of sp³-hybridized carbons (Fsp3) is 1.00. The van der Waals surface area contributed by atoms with Crippen molar-refractivity contribution in [3.8, 4) is 0 Å². The SMILES string of the molecule is CCCNCC1(OC(C)(C)C)CCC(CCC)CC1. The number of hydrogen-bond donors (Lipinski definition) is 1. The summed E-state index contributed by atoms with van der Waals surface area (Å²) in [6.07, 6.45) is 9.07. The molecule has 1 fully saturated rings. The van der Waals surface area contributed by atoms with Gasteiger partial charge >= 0.3 is 0 Å². The Morgan fingerprint density at radius 2 is 1.74 bits per heavy atom. The van der Waals surface area contributed by atoms with Crippen molar-refractivity contribution in [1.82, 2.24) is 5.32 Å². The van der Waals surface area contributed by atoms with E-state index < -0.39 is 0 Å². The van der Waals surface area contributed by atoms with E-state index in [1.807, 2.05) is 0 Å². The lowest BCUT2D eigenvalue weighted by molar-refractivity contribution is -0.151. The van der Waals surface area contributed by atoms with Gasteiger partial charge in [0.05, 0.1) is 11.2 Å². The zero-order chi connectivity index (χ0) is 14.4. The molecule has 0 heterocycles. The minimum absolute atomic E-state index is 0.0362. The Kier molecular flexibility index (Phi) is 6.82. The van der Waals surface area contributed by atoms with Crippen LogP contribution in [0.15, 0.2) is 0 Å². The number of hydrogen-bond acceptors (Lipinski definition) is 2. The first kappa shape index (κ1) is 17.0. The summed E-state index contributed by atoms with van der Waals surface area (Å²) in [5.74, 6) is 0.938. The third-order valence-electron chi connectivity index (χ3n) is 4.11. The molecule has 0 aliphatic heterocycles. The summed E-state index contributed by atoms with van der Waals surface area (Å²) >= 11 is 0. The van der Waals surface area contributed by atoms with Gasteiger partial charge in [0, 0.05) is 6.54 Å². The molecule has 19 heavy (non-hydrogen) atoms. The van der Waals surface area contributed by atoms with Gasteiger partial charge in [-0.1, -0.05) is 26.7 Å². The van der Waals surface area contributed by atoms with Crippen molar-refractivity contribution in [2.24, 2.45) is 5.92 Å². The van der Waals surface area contributed by atoms with Crippen LogP contribution in [0.4, 0.5) is 0 Å². The quantitative estimate of drug-likeness (QED) is 0.686. The van der Waals surface area contributed by atoms with E-state index in [2.05, 4.69) is 39.9 Å². The minimum atomic E-state index is -0.0362. The second-order valence-electron chi connectivity index (χ2n) is 7.31. The average molecular weight is 269 g/mol. The van der Waals surface area contributed by atoms with Crippen LogP contribution in [0.5, 0.6) is 0 Å². The van der Waals surface area contributed by atoms with Crippen molar-refractivity contribution < 1.29 is 4.74 Å². The van der Waals surface area contributed by atoms with E-state index in [1.165, 1.54) is 44.9 Å². The van der Waals surface area contributed by atoms with E-state index in [-0.39, 0.29) is 11.2 Å². The summed E-state index contributed by atoms with van der Waals surface area (Å²) < 4.78 is 6.48. The first-order valence-corrected chi connectivity index (χ1v) is 8.31. The Labute approximate surface area is 120 Å². The van der Waals surface area contributed by atoms with Gasteiger partial charge in [-0.2, -0.15) is 0 Å². The predicted octanol–water partition coefficient (Wildman–Crippen LogP) is 4.53. The fourth-order valence-corrected chi connectivity index (χ4v) is 3.36. The van der Waals surface area contributed by atoms with Crippen molar-refractivity contribution in [2.45, 2.75) is 90.8 Å². The predicted molar refractivity (Wildman–Crippen MR) is 83.6 cm³/mol. The van der Waals surface area contributed by atoms with Gasteiger partial charge in [-0.3, -0.25) is 0 Å². The molecule has 1 aliphatic carbocycles. The standard InChI is InChI=1S/C17H35NO/c1-6-8-15-9-11-17(12-10-15,14-18-13-7-2)19-16(3,4)5/h15,18H,6-14H2,1-5H3. The van der Waals surface area contributed by atoms with Crippen molar-refractivity contribution in [1.29, 1.82) is 0 Å². The molecule has 0 atom stereocenters. The van der Waals surface area contributed by atoms with Crippen LogP contribution in [-0.2, 0) is 4.74 Å². The van der Waals surface area contributed by atoms with Gasteiger partial charge < -0.3 is 10.1 Å². The zero-order valence-electron chi connectivity index (χ0n) is 13.8. The third kappa shape index (κ3) is 6.27. The fourth-order valence-electron chi connectivity index (χ4n) is 3.36. The van der Waals surface area contributed by atoms with Crippen LogP contribution >= 0.6 is 0 Å². The molecule has 0 bridgehead atoms. The lowest BCUT2D eigenvalue weighted by Crippen LogP contribution is -2.50. The molecule has 0 aromatic carbocycles. The summed E-state index contributed by atoms with van der Waals surface area (Å²) in [6, 6.07) is 0. The molecule has 2 heteroatoms. The molecule has 1 saturated carbocycles. The molecular formula is C17H35NO. The molecule has 1 aliphatic rings. The molecular weight excluding hydrogens is 234 g/mol. The Bertz CT molecular complexity index is 236. The first-order chi connectivity index (χ1) is 8.91. The van der Waals surface area contributed by atoms with Gasteiger partial charge in [-0.05, 0) is 65.3 Å². The molecule has 114 valence electrons. The van der Waals surface area contributed by atoms with E-state index in [0.29, 0.717) is 0 Å². The van der Waals surface area contributed by atoms with Gasteiger partial charge in [0.1, 0.15) is 0 Å². The van der Waals surface area contributed by atoms with Crippen LogP contribution < -0.4 is 5.32 Å². The van der Waals surface area contributed by atoms with Crippen LogP contribution in [0.25, 0.3) is 0 Å². The Hall–Kier alpha value is -0.0800. The lowest BCUT2D eigenvalue weighted by Gasteiger charge is -2.44. The maximum atomic E-state index is 6.48. The molecule has 1 rings (SSSR count). The second kappa shape index (κ2) is 7.64. The van der Waals surface area contributed by atoms with E-state index >= 15 is 0 Å². The van der Waals surface area contributed by atoms with Gasteiger partial charge in [0.25, 0.3) is 0 Å². The van der Waals surface area contributed by atoms with E-state index in [1.54, 1.807) is 0 Å². The summed E-state index contributed by atoms with van der Waals surface area (Å²) in [5, 5.41) is 3.59. The second-order valence-corrected chi connectivity index (χ2v) is 7.31. The largest absolute Gasteiger partial charge is 0.368 e. The third-order valence-corrected chi connectivity index (χ3v) is 4.11. The Morgan fingerprint density at radius 1 is 1.11 bits per heavy atom. The van der Waals surface area contributed by atoms with Gasteiger partial charge in [0.2, 0.25) is 0 Å². The van der Waals surface area contributed by atoms with E-state index in [4.69, 9.17) is 4.74 Å². The van der Waals surface area contributed by atoms with E-state index in [0.717, 1.165) is 19.0 Å². The smallest absolute Gasteiger partial charge is 0.0813 e. The van der Waals surface area contributed by atoms with Gasteiger partial charge in [-0.15, -0.1) is 0 Å². The highest BCUT2D eigenvalue weighted by molar-refractivity contribution is 4.91. The van der Waals surface area contributed by atoms with Gasteiger partial charge in [-0.25, -0.2) is 0 Å². The summed E-state index contributed by atoms with van der Waals surface area (Å²) in [4.78, 5) is 0. The van der Waals surface area contributed by atoms with Crippen LogP contribution in [0.1, 0.15) is 79.6 Å². The normalized spacial score (nSPS) is 28.6. The molecule has 0 radical (unpaired) electrons. The van der Waals surface area contributed by atoms with Crippen LogP contribution in [0.3, 0.4) is 0 Å². The van der Waals surface area contributed by atoms with Crippen molar-refractivity contribution in [2.75, 3.05) is 13.1 Å². The summed E-state index contributed by atoms with van der Waals surface area (Å²) in [5.41, 5.74) is 0.0448. The number of nitrogens with one attached hydrogen (secondary N) is 1. The van der Waals surface area contributed by atoms with Crippen LogP contribution in [-0.4, -0.2) is 24.3 Å². The number of ether oxygens (including phenoxy) is 1. The summed E-state index contributed by atoms with van der Waals surface area (Å²) in [7, 11) is 0. The molecule has 0 unspecified atom stereocenters. The Morgan fingerprint density at radius 3 is 2.21 bits per heavy atom. The molecule has 0 aromatic heterocycles. The van der Waals surface area contributed by atoms with E-state index in [9.17, 15) is 0 Å². The van der Waals surface area contributed by atoms with Crippen LogP contribution in [0, 0.1) is 5.92 Å². The van der Waals surface area contributed by atoms with Crippen molar-refractivity contribution in [3.05, 3.63) is 0 Å². The highest BCUT2D eigenvalue weighted by atomic mass is 16.5. The topological polar surface area (TPSA) is 21.3 Å². The van der Waals surface area contributed by atoms with Crippen molar-refractivity contribution in [3.63, 3.8) is 0 Å². The first-order valence-electron chi connectivity index (χ1n) is 8.31. The maximum absolute atomic E-state index is 6.48. The maximum Gasteiger partial charge on any atom is 0.0813 e. The number of rotatable bonds is 7. The molecule has 0 spiro atoms. The lowest BCUT2D eigenvalue weighted by atomic mass is 9.76. The zero-order valence-corrected chi connectivity index (χ0v) is 13.8. The highest BCUT2D eigenvalue weighted by Crippen LogP contribution is 2.38. The molecule has 0 saturated heterocycles. The summed E-state index contributed by atoms with van der Waals surface area (Å²) in [6.45, 7) is 13.2. The average Bonchev–Trinajstić information content (AvgIpc) is 2.31.